The Morgan fingerprint density at radius 2 is 1.47 bits per heavy atom. The van der Waals surface area contributed by atoms with Crippen LogP contribution in [0.3, 0.4) is 0 Å². The van der Waals surface area contributed by atoms with E-state index in [2.05, 4.69) is 24.3 Å². The summed E-state index contributed by atoms with van der Waals surface area (Å²) in [5, 5.41) is 0. The van der Waals surface area contributed by atoms with Crippen molar-refractivity contribution in [3.05, 3.63) is 108 Å². The molecule has 3 aromatic carbocycles. The third kappa shape index (κ3) is 4.40. The molecule has 2 unspecified atom stereocenters. The van der Waals surface area contributed by atoms with Crippen molar-refractivity contribution in [2.45, 2.75) is 44.6 Å². The SMILES string of the molecule is O=C(OCc1ccccc1)N1C2C=C(c3ccccc3OCc3ccccc3)CC1CC2. The Kier molecular flexibility index (Phi) is 5.93. The number of hydrogen-bond donors (Lipinski definition) is 0. The Bertz CT molecular complexity index is 1090. The molecule has 2 aliphatic heterocycles. The number of amides is 1. The van der Waals surface area contributed by atoms with Crippen molar-refractivity contribution < 1.29 is 14.3 Å². The highest BCUT2D eigenvalue weighted by Crippen LogP contribution is 2.41. The maximum Gasteiger partial charge on any atom is 0.410 e. The highest BCUT2D eigenvalue weighted by Gasteiger charge is 2.41. The summed E-state index contributed by atoms with van der Waals surface area (Å²) in [6.45, 7) is 0.846. The van der Waals surface area contributed by atoms with Gasteiger partial charge in [-0.15, -0.1) is 0 Å². The van der Waals surface area contributed by atoms with Crippen LogP contribution in [0.25, 0.3) is 5.57 Å². The summed E-state index contributed by atoms with van der Waals surface area (Å²) in [6.07, 6.45) is 4.81. The first-order valence-corrected chi connectivity index (χ1v) is 11.2. The standard InChI is InChI=1S/C28H27NO3/c30-28(32-20-22-11-5-2-6-12-22)29-24-15-16-25(29)18-23(17-24)26-13-7-8-14-27(26)31-19-21-9-3-1-4-10-21/h1-14,17,24-25H,15-16,18-20H2. The largest absolute Gasteiger partial charge is 0.488 e. The molecule has 2 atom stereocenters. The van der Waals surface area contributed by atoms with E-state index >= 15 is 0 Å². The predicted molar refractivity (Wildman–Crippen MR) is 125 cm³/mol. The zero-order valence-electron chi connectivity index (χ0n) is 18.0. The topological polar surface area (TPSA) is 38.8 Å². The quantitative estimate of drug-likeness (QED) is 0.470. The fraction of sp³-hybridized carbons (Fsp3) is 0.250. The van der Waals surface area contributed by atoms with Gasteiger partial charge >= 0.3 is 6.09 Å². The molecule has 1 saturated heterocycles. The fourth-order valence-corrected chi connectivity index (χ4v) is 4.70. The first-order valence-electron chi connectivity index (χ1n) is 11.2. The van der Waals surface area contributed by atoms with E-state index in [1.165, 1.54) is 5.57 Å². The second kappa shape index (κ2) is 9.31. The van der Waals surface area contributed by atoms with Gasteiger partial charge in [0.15, 0.2) is 0 Å². The highest BCUT2D eigenvalue weighted by molar-refractivity contribution is 5.77. The van der Waals surface area contributed by atoms with Crippen LogP contribution in [0.1, 0.15) is 36.0 Å². The number of fused-ring (bicyclic) bond motifs is 2. The summed E-state index contributed by atoms with van der Waals surface area (Å²) in [5.41, 5.74) is 4.53. The van der Waals surface area contributed by atoms with Crippen LogP contribution in [-0.2, 0) is 18.0 Å². The van der Waals surface area contributed by atoms with E-state index in [1.54, 1.807) is 0 Å². The van der Waals surface area contributed by atoms with Crippen molar-refractivity contribution in [1.29, 1.82) is 0 Å². The third-order valence-corrected chi connectivity index (χ3v) is 6.28. The summed E-state index contributed by atoms with van der Waals surface area (Å²) in [7, 11) is 0. The molecule has 0 spiro atoms. The highest BCUT2D eigenvalue weighted by atomic mass is 16.6. The zero-order valence-corrected chi connectivity index (χ0v) is 18.0. The average molecular weight is 426 g/mol. The normalized spacial score (nSPS) is 19.4. The van der Waals surface area contributed by atoms with Gasteiger partial charge in [-0.25, -0.2) is 4.79 Å². The van der Waals surface area contributed by atoms with Crippen LogP contribution in [0.15, 0.2) is 91.0 Å². The van der Waals surface area contributed by atoms with Gasteiger partial charge in [0, 0.05) is 11.6 Å². The molecule has 1 amide bonds. The van der Waals surface area contributed by atoms with Crippen LogP contribution in [0.5, 0.6) is 5.75 Å². The lowest BCUT2D eigenvalue weighted by atomic mass is 9.94. The smallest absolute Gasteiger partial charge is 0.410 e. The molecule has 1 fully saturated rings. The summed E-state index contributed by atoms with van der Waals surface area (Å²) < 4.78 is 11.8. The second-order valence-electron chi connectivity index (χ2n) is 8.41. The average Bonchev–Trinajstić information content (AvgIpc) is 3.12. The first-order chi connectivity index (χ1) is 15.8. The molecular weight excluding hydrogens is 398 g/mol. The maximum absolute atomic E-state index is 12.9. The number of hydrogen-bond acceptors (Lipinski definition) is 3. The molecule has 2 heterocycles. The third-order valence-electron chi connectivity index (χ3n) is 6.28. The Morgan fingerprint density at radius 3 is 2.19 bits per heavy atom. The van der Waals surface area contributed by atoms with E-state index in [9.17, 15) is 4.79 Å². The molecule has 2 bridgehead atoms. The summed E-state index contributed by atoms with van der Waals surface area (Å²) >= 11 is 0. The van der Waals surface area contributed by atoms with Gasteiger partial charge in [-0.2, -0.15) is 0 Å². The number of benzene rings is 3. The molecule has 2 aliphatic rings. The van der Waals surface area contributed by atoms with Gasteiger partial charge < -0.3 is 9.47 Å². The number of carbonyl (C=O) groups is 1. The molecule has 0 radical (unpaired) electrons. The monoisotopic (exact) mass is 425 g/mol. The van der Waals surface area contributed by atoms with Crippen molar-refractivity contribution in [3.63, 3.8) is 0 Å². The maximum atomic E-state index is 12.9. The van der Waals surface area contributed by atoms with Crippen LogP contribution >= 0.6 is 0 Å². The molecule has 0 aromatic heterocycles. The lowest BCUT2D eigenvalue weighted by Gasteiger charge is -2.33. The Labute approximate surface area is 189 Å². The van der Waals surface area contributed by atoms with Crippen molar-refractivity contribution in [3.8, 4) is 5.75 Å². The lowest BCUT2D eigenvalue weighted by molar-refractivity contribution is 0.0832. The molecule has 5 rings (SSSR count). The Morgan fingerprint density at radius 1 is 0.812 bits per heavy atom. The van der Waals surface area contributed by atoms with E-state index < -0.39 is 0 Å². The van der Waals surface area contributed by atoms with E-state index in [-0.39, 0.29) is 18.2 Å². The van der Waals surface area contributed by atoms with Gasteiger partial charge in [0.2, 0.25) is 0 Å². The molecule has 0 N–H and O–H groups in total. The molecule has 0 saturated carbocycles. The van der Waals surface area contributed by atoms with Gasteiger partial charge in [-0.05, 0) is 42.0 Å². The molecular formula is C28H27NO3. The zero-order chi connectivity index (χ0) is 21.8. The summed E-state index contributed by atoms with van der Waals surface area (Å²) in [5.74, 6) is 0.891. The van der Waals surface area contributed by atoms with Crippen LogP contribution in [0.2, 0.25) is 0 Å². The Balaban J connectivity index is 1.29. The lowest BCUT2D eigenvalue weighted by Crippen LogP contribution is -2.43. The molecule has 3 aromatic rings. The van der Waals surface area contributed by atoms with E-state index in [0.717, 1.165) is 41.7 Å². The first kappa shape index (κ1) is 20.4. The van der Waals surface area contributed by atoms with Crippen molar-refractivity contribution in [2.75, 3.05) is 0 Å². The van der Waals surface area contributed by atoms with Crippen molar-refractivity contribution in [1.82, 2.24) is 4.90 Å². The van der Waals surface area contributed by atoms with Crippen LogP contribution in [0, 0.1) is 0 Å². The van der Waals surface area contributed by atoms with Gasteiger partial charge in [-0.3, -0.25) is 4.90 Å². The molecule has 162 valence electrons. The van der Waals surface area contributed by atoms with Crippen LogP contribution < -0.4 is 4.74 Å². The molecule has 0 aliphatic carbocycles. The van der Waals surface area contributed by atoms with Gasteiger partial charge in [-0.1, -0.05) is 84.9 Å². The molecule has 4 nitrogen and oxygen atoms in total. The summed E-state index contributed by atoms with van der Waals surface area (Å²) in [6, 6.07) is 28.5. The number of ether oxygens (including phenoxy) is 2. The van der Waals surface area contributed by atoms with Crippen molar-refractivity contribution >= 4 is 11.7 Å². The van der Waals surface area contributed by atoms with E-state index in [4.69, 9.17) is 9.47 Å². The van der Waals surface area contributed by atoms with Gasteiger partial charge in [0.25, 0.3) is 0 Å². The number of nitrogens with zero attached hydrogens (tertiary/aromatic N) is 1. The van der Waals surface area contributed by atoms with Gasteiger partial charge in [0.05, 0.1) is 6.04 Å². The summed E-state index contributed by atoms with van der Waals surface area (Å²) in [4.78, 5) is 14.8. The van der Waals surface area contributed by atoms with E-state index in [1.807, 2.05) is 71.6 Å². The minimum atomic E-state index is -0.217. The van der Waals surface area contributed by atoms with Crippen LogP contribution in [-0.4, -0.2) is 23.1 Å². The minimum absolute atomic E-state index is 0.0780. The van der Waals surface area contributed by atoms with Crippen molar-refractivity contribution in [2.24, 2.45) is 0 Å². The van der Waals surface area contributed by atoms with Gasteiger partial charge in [0.1, 0.15) is 19.0 Å². The van der Waals surface area contributed by atoms with E-state index in [0.29, 0.717) is 13.2 Å². The second-order valence-corrected chi connectivity index (χ2v) is 8.41. The molecule has 4 heteroatoms. The predicted octanol–water partition coefficient (Wildman–Crippen LogP) is 6.22. The number of rotatable bonds is 6. The number of para-hydroxylation sites is 1. The number of carbonyl (C=O) groups excluding carboxylic acids is 1. The Hall–Kier alpha value is -3.53. The fourth-order valence-electron chi connectivity index (χ4n) is 4.70. The molecule has 32 heavy (non-hydrogen) atoms. The van der Waals surface area contributed by atoms with Crippen LogP contribution in [0.4, 0.5) is 4.79 Å². The minimum Gasteiger partial charge on any atom is -0.488 e.